The summed E-state index contributed by atoms with van der Waals surface area (Å²) in [6.07, 6.45) is 4.23. The summed E-state index contributed by atoms with van der Waals surface area (Å²) >= 11 is 0. The van der Waals surface area contributed by atoms with Crippen molar-refractivity contribution < 1.29 is 13.2 Å². The zero-order valence-corrected chi connectivity index (χ0v) is 11.6. The summed E-state index contributed by atoms with van der Waals surface area (Å²) in [7, 11) is 0. The SMILES string of the molecule is CCCNC(c1c(F)cc(F)cc1F)C1CC2CC2C1. The van der Waals surface area contributed by atoms with Gasteiger partial charge in [-0.3, -0.25) is 0 Å². The van der Waals surface area contributed by atoms with Crippen LogP contribution in [0.4, 0.5) is 13.2 Å². The van der Waals surface area contributed by atoms with Gasteiger partial charge in [-0.2, -0.15) is 0 Å². The zero-order chi connectivity index (χ0) is 14.3. The Morgan fingerprint density at radius 3 is 2.25 bits per heavy atom. The molecule has 0 saturated heterocycles. The van der Waals surface area contributed by atoms with Crippen LogP contribution in [0.1, 0.15) is 44.2 Å². The topological polar surface area (TPSA) is 12.0 Å². The number of fused-ring (bicyclic) bond motifs is 1. The molecule has 1 nitrogen and oxygen atoms in total. The van der Waals surface area contributed by atoms with Crippen LogP contribution in [0.3, 0.4) is 0 Å². The monoisotopic (exact) mass is 283 g/mol. The second-order valence-corrected chi connectivity index (χ2v) is 6.20. The summed E-state index contributed by atoms with van der Waals surface area (Å²) in [4.78, 5) is 0. The molecule has 3 unspecified atom stereocenters. The molecule has 3 atom stereocenters. The average Bonchev–Trinajstić information content (AvgIpc) is 2.99. The predicted octanol–water partition coefficient (Wildman–Crippen LogP) is 4.19. The zero-order valence-electron chi connectivity index (χ0n) is 11.6. The van der Waals surface area contributed by atoms with Crippen LogP contribution in [0.2, 0.25) is 0 Å². The Balaban J connectivity index is 1.88. The van der Waals surface area contributed by atoms with E-state index in [0.717, 1.165) is 43.2 Å². The van der Waals surface area contributed by atoms with Gasteiger partial charge in [-0.1, -0.05) is 6.92 Å². The van der Waals surface area contributed by atoms with Crippen LogP contribution in [-0.4, -0.2) is 6.54 Å². The number of hydrogen-bond donors (Lipinski definition) is 1. The maximum Gasteiger partial charge on any atom is 0.133 e. The molecule has 20 heavy (non-hydrogen) atoms. The summed E-state index contributed by atoms with van der Waals surface area (Å²) in [5, 5.41) is 3.27. The molecule has 0 aliphatic heterocycles. The van der Waals surface area contributed by atoms with Crippen molar-refractivity contribution in [2.45, 2.75) is 38.6 Å². The van der Waals surface area contributed by atoms with Crippen molar-refractivity contribution in [3.8, 4) is 0 Å². The van der Waals surface area contributed by atoms with Crippen LogP contribution in [0.25, 0.3) is 0 Å². The minimum absolute atomic E-state index is 0.0196. The lowest BCUT2D eigenvalue weighted by atomic mass is 9.88. The molecular weight excluding hydrogens is 263 g/mol. The van der Waals surface area contributed by atoms with Gasteiger partial charge in [0.2, 0.25) is 0 Å². The molecule has 0 aromatic heterocycles. The first-order chi connectivity index (χ1) is 9.60. The fourth-order valence-electron chi connectivity index (χ4n) is 3.69. The largest absolute Gasteiger partial charge is 0.310 e. The van der Waals surface area contributed by atoms with Crippen LogP contribution in [0.15, 0.2) is 12.1 Å². The number of nitrogens with one attached hydrogen (secondary N) is 1. The lowest BCUT2D eigenvalue weighted by Gasteiger charge is -2.27. The van der Waals surface area contributed by atoms with E-state index in [9.17, 15) is 13.2 Å². The first-order valence-electron chi connectivity index (χ1n) is 7.48. The van der Waals surface area contributed by atoms with Gasteiger partial charge in [-0.15, -0.1) is 0 Å². The molecule has 0 heterocycles. The fourth-order valence-corrected chi connectivity index (χ4v) is 3.69. The molecule has 3 rings (SSSR count). The molecule has 1 aromatic carbocycles. The van der Waals surface area contributed by atoms with Crippen molar-refractivity contribution in [3.63, 3.8) is 0 Å². The Labute approximate surface area is 117 Å². The van der Waals surface area contributed by atoms with E-state index in [0.29, 0.717) is 6.54 Å². The summed E-state index contributed by atoms with van der Waals surface area (Å²) in [5.41, 5.74) is 0.0196. The van der Waals surface area contributed by atoms with Crippen LogP contribution in [0, 0.1) is 35.2 Å². The molecule has 2 fully saturated rings. The molecule has 1 N–H and O–H groups in total. The molecule has 0 radical (unpaired) electrons. The van der Waals surface area contributed by atoms with Crippen molar-refractivity contribution in [1.82, 2.24) is 5.32 Å². The van der Waals surface area contributed by atoms with E-state index in [1.807, 2.05) is 6.92 Å². The van der Waals surface area contributed by atoms with Gasteiger partial charge in [-0.25, -0.2) is 13.2 Å². The number of halogens is 3. The van der Waals surface area contributed by atoms with Gasteiger partial charge in [0.25, 0.3) is 0 Å². The first kappa shape index (κ1) is 13.9. The quantitative estimate of drug-likeness (QED) is 0.854. The number of hydrogen-bond acceptors (Lipinski definition) is 1. The van der Waals surface area contributed by atoms with E-state index >= 15 is 0 Å². The molecule has 110 valence electrons. The maximum absolute atomic E-state index is 14.0. The fraction of sp³-hybridized carbons (Fsp3) is 0.625. The van der Waals surface area contributed by atoms with Gasteiger partial charge in [0, 0.05) is 23.7 Å². The second kappa shape index (κ2) is 5.40. The van der Waals surface area contributed by atoms with Crippen LogP contribution in [-0.2, 0) is 0 Å². The summed E-state index contributed by atoms with van der Waals surface area (Å²) < 4.78 is 41.1. The molecule has 2 aliphatic rings. The Morgan fingerprint density at radius 2 is 1.70 bits per heavy atom. The Bertz CT molecular complexity index is 469. The highest BCUT2D eigenvalue weighted by molar-refractivity contribution is 5.26. The normalized spacial score (nSPS) is 29.3. The third-order valence-electron chi connectivity index (χ3n) is 4.72. The van der Waals surface area contributed by atoms with E-state index in [-0.39, 0.29) is 17.5 Å². The van der Waals surface area contributed by atoms with Crippen LogP contribution >= 0.6 is 0 Å². The Kier molecular flexibility index (Phi) is 3.76. The molecule has 4 heteroatoms. The highest BCUT2D eigenvalue weighted by Crippen LogP contribution is 2.57. The smallest absolute Gasteiger partial charge is 0.133 e. The van der Waals surface area contributed by atoms with Gasteiger partial charge in [-0.05, 0) is 50.0 Å². The molecule has 0 amide bonds. The highest BCUT2D eigenvalue weighted by atomic mass is 19.1. The molecular formula is C16H20F3N. The third kappa shape index (κ3) is 2.58. The predicted molar refractivity (Wildman–Crippen MR) is 71.7 cm³/mol. The minimum atomic E-state index is -0.854. The molecule has 1 aromatic rings. The van der Waals surface area contributed by atoms with Crippen molar-refractivity contribution in [1.29, 1.82) is 0 Å². The minimum Gasteiger partial charge on any atom is -0.310 e. The molecule has 2 saturated carbocycles. The van der Waals surface area contributed by atoms with Crippen LogP contribution < -0.4 is 5.32 Å². The molecule has 0 spiro atoms. The van der Waals surface area contributed by atoms with Gasteiger partial charge >= 0.3 is 0 Å². The van der Waals surface area contributed by atoms with E-state index in [4.69, 9.17) is 0 Å². The lowest BCUT2D eigenvalue weighted by molar-refractivity contribution is 0.322. The van der Waals surface area contributed by atoms with E-state index in [1.165, 1.54) is 6.42 Å². The van der Waals surface area contributed by atoms with Crippen molar-refractivity contribution in [3.05, 3.63) is 35.1 Å². The average molecular weight is 283 g/mol. The summed E-state index contributed by atoms with van der Waals surface area (Å²) in [5.74, 6) is -0.629. The maximum atomic E-state index is 14.0. The molecule has 0 bridgehead atoms. The summed E-state index contributed by atoms with van der Waals surface area (Å²) in [6.45, 7) is 2.74. The first-order valence-corrected chi connectivity index (χ1v) is 7.48. The van der Waals surface area contributed by atoms with Gasteiger partial charge in [0.05, 0.1) is 0 Å². The van der Waals surface area contributed by atoms with Gasteiger partial charge < -0.3 is 5.32 Å². The van der Waals surface area contributed by atoms with Crippen molar-refractivity contribution >= 4 is 0 Å². The van der Waals surface area contributed by atoms with E-state index in [1.54, 1.807) is 0 Å². The number of benzene rings is 1. The Morgan fingerprint density at radius 1 is 1.10 bits per heavy atom. The number of rotatable bonds is 5. The lowest BCUT2D eigenvalue weighted by Crippen LogP contribution is -2.30. The second-order valence-electron chi connectivity index (χ2n) is 6.20. The van der Waals surface area contributed by atoms with E-state index < -0.39 is 17.5 Å². The Hall–Kier alpha value is -1.03. The molecule has 2 aliphatic carbocycles. The van der Waals surface area contributed by atoms with Gasteiger partial charge in [0.15, 0.2) is 0 Å². The van der Waals surface area contributed by atoms with Crippen molar-refractivity contribution in [2.24, 2.45) is 17.8 Å². The third-order valence-corrected chi connectivity index (χ3v) is 4.72. The van der Waals surface area contributed by atoms with E-state index in [2.05, 4.69) is 5.32 Å². The highest BCUT2D eigenvalue weighted by Gasteiger charge is 2.48. The van der Waals surface area contributed by atoms with Crippen LogP contribution in [0.5, 0.6) is 0 Å². The summed E-state index contributed by atoms with van der Waals surface area (Å²) in [6, 6.07) is 1.24. The van der Waals surface area contributed by atoms with Gasteiger partial charge in [0.1, 0.15) is 17.5 Å². The van der Waals surface area contributed by atoms with Crippen molar-refractivity contribution in [2.75, 3.05) is 6.54 Å². The standard InChI is InChI=1S/C16H20F3N/c1-2-3-20-16(11-5-9-4-10(9)6-11)15-13(18)7-12(17)8-14(15)19/h7-11,16,20H,2-6H2,1H3.